The number of hydrogen-bond acceptors (Lipinski definition) is 6. The van der Waals surface area contributed by atoms with Gasteiger partial charge in [-0.3, -0.25) is 14.2 Å². The predicted molar refractivity (Wildman–Crippen MR) is 120 cm³/mol. The summed E-state index contributed by atoms with van der Waals surface area (Å²) in [5.41, 5.74) is 0.830. The van der Waals surface area contributed by atoms with Crippen LogP contribution in [0.25, 0.3) is 16.6 Å². The lowest BCUT2D eigenvalue weighted by Crippen LogP contribution is -2.34. The lowest BCUT2D eigenvalue weighted by Gasteiger charge is -2.20. The van der Waals surface area contributed by atoms with Crippen LogP contribution < -0.4 is 5.56 Å². The van der Waals surface area contributed by atoms with Gasteiger partial charge >= 0.3 is 0 Å². The molecule has 0 unspecified atom stereocenters. The van der Waals surface area contributed by atoms with E-state index in [9.17, 15) is 9.59 Å². The lowest BCUT2D eigenvalue weighted by molar-refractivity contribution is -0.128. The van der Waals surface area contributed by atoms with Crippen molar-refractivity contribution in [2.75, 3.05) is 18.8 Å². The Labute approximate surface area is 188 Å². The highest BCUT2D eigenvalue weighted by Crippen LogP contribution is 2.23. The van der Waals surface area contributed by atoms with E-state index in [1.807, 2.05) is 12.1 Å². The zero-order valence-corrected chi connectivity index (χ0v) is 18.1. The molecule has 0 bridgehead atoms. The molecule has 0 spiro atoms. The maximum atomic E-state index is 13.2. The second-order valence-electron chi connectivity index (χ2n) is 6.52. The largest absolute Gasteiger partial charge is 0.340 e. The Morgan fingerprint density at radius 2 is 1.81 bits per heavy atom. The maximum Gasteiger partial charge on any atom is 0.266 e. The van der Waals surface area contributed by atoms with Crippen molar-refractivity contribution in [2.24, 2.45) is 0 Å². The van der Waals surface area contributed by atoms with Crippen LogP contribution in [0, 0.1) is 22.7 Å². The van der Waals surface area contributed by atoms with Crippen molar-refractivity contribution in [3.63, 3.8) is 0 Å². The molecule has 2 aromatic carbocycles. The number of benzene rings is 2. The van der Waals surface area contributed by atoms with Gasteiger partial charge in [0.1, 0.15) is 0 Å². The molecule has 0 aliphatic rings. The smallest absolute Gasteiger partial charge is 0.266 e. The molecule has 1 heterocycles. The highest BCUT2D eigenvalue weighted by Gasteiger charge is 2.18. The second-order valence-corrected chi connectivity index (χ2v) is 7.90. The average Bonchev–Trinajstić information content (AvgIpc) is 2.77. The third-order valence-corrected chi connectivity index (χ3v) is 5.63. The number of rotatable bonds is 8. The fourth-order valence-corrected chi connectivity index (χ4v) is 4.10. The van der Waals surface area contributed by atoms with Crippen LogP contribution in [0.4, 0.5) is 0 Å². The Morgan fingerprint density at radius 3 is 2.48 bits per heavy atom. The van der Waals surface area contributed by atoms with Crippen LogP contribution in [0.5, 0.6) is 0 Å². The zero-order valence-electron chi connectivity index (χ0n) is 16.5. The van der Waals surface area contributed by atoms with E-state index in [1.165, 1.54) is 9.47 Å². The van der Waals surface area contributed by atoms with Gasteiger partial charge in [0.25, 0.3) is 5.56 Å². The topological polar surface area (TPSA) is 103 Å². The number of nitriles is 2. The third-order valence-electron chi connectivity index (χ3n) is 4.48. The van der Waals surface area contributed by atoms with Crippen molar-refractivity contribution in [1.82, 2.24) is 14.5 Å². The summed E-state index contributed by atoms with van der Waals surface area (Å²) in [7, 11) is 0. The van der Waals surface area contributed by atoms with Gasteiger partial charge in [-0.25, -0.2) is 4.98 Å². The summed E-state index contributed by atoms with van der Waals surface area (Å²) < 4.78 is 1.45. The molecule has 7 nitrogen and oxygen atoms in total. The first-order valence-electron chi connectivity index (χ1n) is 9.47. The van der Waals surface area contributed by atoms with Crippen LogP contribution in [0.2, 0.25) is 5.02 Å². The number of carbonyl (C=O) groups excluding carboxylic acids is 1. The number of nitrogens with zero attached hydrogens (tertiary/aromatic N) is 5. The third kappa shape index (κ3) is 5.43. The molecule has 3 rings (SSSR count). The van der Waals surface area contributed by atoms with Gasteiger partial charge in [0.2, 0.25) is 5.91 Å². The minimum Gasteiger partial charge on any atom is -0.340 e. The zero-order chi connectivity index (χ0) is 22.2. The molecule has 0 atom stereocenters. The summed E-state index contributed by atoms with van der Waals surface area (Å²) >= 11 is 7.26. The molecule has 156 valence electrons. The van der Waals surface area contributed by atoms with E-state index in [1.54, 1.807) is 48.5 Å². The van der Waals surface area contributed by atoms with Gasteiger partial charge in [0.05, 0.1) is 47.3 Å². The van der Waals surface area contributed by atoms with E-state index < -0.39 is 0 Å². The fourth-order valence-electron chi connectivity index (χ4n) is 3.00. The molecule has 0 radical (unpaired) electrons. The summed E-state index contributed by atoms with van der Waals surface area (Å²) in [4.78, 5) is 32.0. The molecule has 0 saturated carbocycles. The Hall–Kier alpha value is -3.33. The first kappa shape index (κ1) is 22.4. The summed E-state index contributed by atoms with van der Waals surface area (Å²) in [6.07, 6.45) is 0.368. The molecule has 1 amide bonds. The van der Waals surface area contributed by atoms with Crippen molar-refractivity contribution >= 4 is 40.2 Å². The lowest BCUT2D eigenvalue weighted by atomic mass is 10.2. The highest BCUT2D eigenvalue weighted by molar-refractivity contribution is 7.99. The molecule has 31 heavy (non-hydrogen) atoms. The molecule has 1 aromatic heterocycles. The number of aromatic nitrogens is 2. The quantitative estimate of drug-likeness (QED) is 0.381. The van der Waals surface area contributed by atoms with E-state index >= 15 is 0 Å². The van der Waals surface area contributed by atoms with Crippen LogP contribution in [0.15, 0.2) is 58.5 Å². The number of thioether (sulfide) groups is 1. The summed E-state index contributed by atoms with van der Waals surface area (Å²) in [5, 5.41) is 19.0. The molecule has 0 aliphatic heterocycles. The van der Waals surface area contributed by atoms with Crippen molar-refractivity contribution < 1.29 is 4.79 Å². The Balaban J connectivity index is 1.96. The van der Waals surface area contributed by atoms with Gasteiger partial charge in [-0.1, -0.05) is 41.6 Å². The average molecular weight is 452 g/mol. The summed E-state index contributed by atoms with van der Waals surface area (Å²) in [5.74, 6) is -0.210. The van der Waals surface area contributed by atoms with Crippen LogP contribution in [-0.2, 0) is 4.79 Å². The Bertz CT molecular complexity index is 1230. The SMILES string of the molecule is N#CCCN(CCC#N)C(=O)CSc1nc2ccccc2c(=O)n1-c1cccc(Cl)c1. The summed E-state index contributed by atoms with van der Waals surface area (Å²) in [6.45, 7) is 0.508. The fraction of sp³-hybridized carbons (Fsp3) is 0.227. The Morgan fingerprint density at radius 1 is 1.10 bits per heavy atom. The van der Waals surface area contributed by atoms with E-state index in [0.29, 0.717) is 26.8 Å². The second kappa shape index (κ2) is 10.6. The number of fused-ring (bicyclic) bond motifs is 1. The van der Waals surface area contributed by atoms with Gasteiger partial charge in [0.15, 0.2) is 5.16 Å². The molecule has 3 aromatic rings. The molecular weight excluding hydrogens is 434 g/mol. The number of para-hydroxylation sites is 1. The number of hydrogen-bond donors (Lipinski definition) is 0. The monoisotopic (exact) mass is 451 g/mol. The first-order valence-corrected chi connectivity index (χ1v) is 10.8. The van der Waals surface area contributed by atoms with E-state index in [2.05, 4.69) is 4.98 Å². The van der Waals surface area contributed by atoms with Crippen LogP contribution in [0.3, 0.4) is 0 Å². The van der Waals surface area contributed by atoms with Crippen molar-refractivity contribution in [3.8, 4) is 17.8 Å². The molecule has 9 heteroatoms. The van der Waals surface area contributed by atoms with Crippen LogP contribution in [0.1, 0.15) is 12.8 Å². The normalized spacial score (nSPS) is 10.4. The van der Waals surface area contributed by atoms with Crippen molar-refractivity contribution in [2.45, 2.75) is 18.0 Å². The van der Waals surface area contributed by atoms with Crippen molar-refractivity contribution in [3.05, 3.63) is 63.9 Å². The standard InChI is InChI=1S/C22H18ClN5O2S/c23-16-6-3-7-17(14-16)28-21(30)18-8-1-2-9-19(18)26-22(28)31-15-20(29)27(12-4-10-24)13-5-11-25/h1-3,6-9,14H,4-5,12-13,15H2. The molecule has 0 saturated heterocycles. The molecular formula is C22H18ClN5O2S. The van der Waals surface area contributed by atoms with E-state index in [0.717, 1.165) is 11.8 Å². The predicted octanol–water partition coefficient (Wildman–Crippen LogP) is 3.79. The van der Waals surface area contributed by atoms with Gasteiger partial charge < -0.3 is 4.90 Å². The van der Waals surface area contributed by atoms with E-state index in [4.69, 9.17) is 22.1 Å². The van der Waals surface area contributed by atoms with Crippen LogP contribution in [-0.4, -0.2) is 39.2 Å². The molecule has 0 aliphatic carbocycles. The van der Waals surface area contributed by atoms with Crippen LogP contribution >= 0.6 is 23.4 Å². The van der Waals surface area contributed by atoms with Gasteiger partial charge in [-0.15, -0.1) is 0 Å². The molecule has 0 fully saturated rings. The van der Waals surface area contributed by atoms with E-state index in [-0.39, 0.29) is 43.2 Å². The van der Waals surface area contributed by atoms with Gasteiger partial charge in [-0.2, -0.15) is 10.5 Å². The van der Waals surface area contributed by atoms with Crippen molar-refractivity contribution in [1.29, 1.82) is 10.5 Å². The highest BCUT2D eigenvalue weighted by atomic mass is 35.5. The maximum absolute atomic E-state index is 13.2. The minimum atomic E-state index is -0.256. The minimum absolute atomic E-state index is 0.0161. The number of carbonyl (C=O) groups is 1. The number of halogens is 1. The first-order chi connectivity index (χ1) is 15.0. The number of amides is 1. The summed E-state index contributed by atoms with van der Waals surface area (Å²) in [6, 6.07) is 17.9. The molecule has 0 N–H and O–H groups in total. The van der Waals surface area contributed by atoms with Gasteiger partial charge in [-0.05, 0) is 30.3 Å². The Kier molecular flexibility index (Phi) is 7.66. The van der Waals surface area contributed by atoms with Gasteiger partial charge in [0, 0.05) is 18.1 Å².